The van der Waals surface area contributed by atoms with Crippen molar-refractivity contribution in [2.45, 2.75) is 78.9 Å². The van der Waals surface area contributed by atoms with E-state index in [1.807, 2.05) is 0 Å². The molecule has 0 saturated heterocycles. The average Bonchev–Trinajstić information content (AvgIpc) is 2.30. The van der Waals surface area contributed by atoms with Crippen LogP contribution in [-0.2, 0) is 4.74 Å². The fraction of sp³-hybridized carbons (Fsp3) is 1.00. The molecule has 1 N–H and O–H groups in total. The molecule has 2 unspecified atom stereocenters. The zero-order valence-corrected chi connectivity index (χ0v) is 13.1. The van der Waals surface area contributed by atoms with Crippen LogP contribution in [0.15, 0.2) is 0 Å². The van der Waals surface area contributed by atoms with Gasteiger partial charge < -0.3 is 10.1 Å². The van der Waals surface area contributed by atoms with Gasteiger partial charge in [-0.1, -0.05) is 53.9 Å². The van der Waals surface area contributed by atoms with Crippen LogP contribution in [0.5, 0.6) is 0 Å². The van der Waals surface area contributed by atoms with Crippen LogP contribution in [0.25, 0.3) is 0 Å². The van der Waals surface area contributed by atoms with E-state index in [-0.39, 0.29) is 0 Å². The molecule has 1 rings (SSSR count). The van der Waals surface area contributed by atoms with Gasteiger partial charge in [0.2, 0.25) is 0 Å². The number of hydrogen-bond acceptors (Lipinski definition) is 2. The highest BCUT2D eigenvalue weighted by atomic mass is 16.5. The Labute approximate surface area is 114 Å². The Bertz CT molecular complexity index is 225. The summed E-state index contributed by atoms with van der Waals surface area (Å²) in [5, 5.41) is 3.71. The molecule has 0 heterocycles. The van der Waals surface area contributed by atoms with Crippen molar-refractivity contribution in [3.05, 3.63) is 0 Å². The monoisotopic (exact) mass is 255 g/mol. The molecule has 0 aromatic heterocycles. The minimum atomic E-state index is 0.305. The van der Waals surface area contributed by atoms with Gasteiger partial charge in [-0.25, -0.2) is 0 Å². The standard InChI is InChI=1S/C16H33NO/c1-6-7-8-9-10-17-14-11-15(16(14,4)5)18-12-13(2)3/h13-15,17H,6-12H2,1-5H3. The van der Waals surface area contributed by atoms with Crippen LogP contribution in [0.4, 0.5) is 0 Å². The van der Waals surface area contributed by atoms with Crippen molar-refractivity contribution >= 4 is 0 Å². The molecule has 1 saturated carbocycles. The lowest BCUT2D eigenvalue weighted by Gasteiger charge is -2.52. The molecule has 0 spiro atoms. The van der Waals surface area contributed by atoms with Crippen molar-refractivity contribution in [2.75, 3.05) is 13.2 Å². The third-order valence-corrected chi connectivity index (χ3v) is 4.23. The van der Waals surface area contributed by atoms with Crippen molar-refractivity contribution in [1.82, 2.24) is 5.32 Å². The lowest BCUT2D eigenvalue weighted by Crippen LogP contribution is -2.61. The highest BCUT2D eigenvalue weighted by Crippen LogP contribution is 2.42. The molecule has 1 fully saturated rings. The first-order valence-electron chi connectivity index (χ1n) is 7.83. The quantitative estimate of drug-likeness (QED) is 0.629. The summed E-state index contributed by atoms with van der Waals surface area (Å²) in [6.07, 6.45) is 7.01. The van der Waals surface area contributed by atoms with Gasteiger partial charge >= 0.3 is 0 Å². The molecule has 0 aromatic carbocycles. The van der Waals surface area contributed by atoms with E-state index in [4.69, 9.17) is 4.74 Å². The Hall–Kier alpha value is -0.0800. The van der Waals surface area contributed by atoms with E-state index in [9.17, 15) is 0 Å². The Balaban J connectivity index is 2.14. The SMILES string of the molecule is CCCCCCNC1CC(OCC(C)C)C1(C)C. The second kappa shape index (κ2) is 7.49. The van der Waals surface area contributed by atoms with Crippen molar-refractivity contribution in [1.29, 1.82) is 0 Å². The summed E-state index contributed by atoms with van der Waals surface area (Å²) in [5.74, 6) is 0.641. The largest absolute Gasteiger partial charge is 0.377 e. The predicted molar refractivity (Wildman–Crippen MR) is 78.9 cm³/mol. The van der Waals surface area contributed by atoms with Crippen molar-refractivity contribution in [3.8, 4) is 0 Å². The van der Waals surface area contributed by atoms with E-state index in [0.29, 0.717) is 23.5 Å². The van der Waals surface area contributed by atoms with Gasteiger partial charge in [0.25, 0.3) is 0 Å². The Morgan fingerprint density at radius 2 is 1.94 bits per heavy atom. The van der Waals surface area contributed by atoms with E-state index in [0.717, 1.165) is 6.61 Å². The third kappa shape index (κ3) is 4.55. The molecule has 108 valence electrons. The molecule has 2 atom stereocenters. The molecule has 1 aliphatic carbocycles. The van der Waals surface area contributed by atoms with Gasteiger partial charge in [0.15, 0.2) is 0 Å². The number of ether oxygens (including phenoxy) is 1. The summed E-state index contributed by atoms with van der Waals surface area (Å²) in [6, 6.07) is 0.649. The molecule has 1 aliphatic rings. The maximum Gasteiger partial charge on any atom is 0.0656 e. The van der Waals surface area contributed by atoms with Gasteiger partial charge in [-0.2, -0.15) is 0 Å². The molecule has 0 bridgehead atoms. The van der Waals surface area contributed by atoms with E-state index < -0.39 is 0 Å². The van der Waals surface area contributed by atoms with E-state index in [1.165, 1.54) is 38.6 Å². The molecule has 2 heteroatoms. The van der Waals surface area contributed by atoms with Gasteiger partial charge in [0.1, 0.15) is 0 Å². The molecule has 0 aromatic rings. The van der Waals surface area contributed by atoms with Crippen molar-refractivity contribution < 1.29 is 4.74 Å². The fourth-order valence-corrected chi connectivity index (χ4v) is 2.65. The first-order valence-corrected chi connectivity index (χ1v) is 7.83. The fourth-order valence-electron chi connectivity index (χ4n) is 2.65. The first-order chi connectivity index (χ1) is 8.48. The lowest BCUT2D eigenvalue weighted by molar-refractivity contribution is -0.123. The molecular formula is C16H33NO. The van der Waals surface area contributed by atoms with Crippen LogP contribution < -0.4 is 5.32 Å². The molecule has 18 heavy (non-hydrogen) atoms. The number of rotatable bonds is 9. The van der Waals surface area contributed by atoms with Crippen LogP contribution in [-0.4, -0.2) is 25.3 Å². The zero-order chi connectivity index (χ0) is 13.6. The Morgan fingerprint density at radius 1 is 1.22 bits per heavy atom. The minimum absolute atomic E-state index is 0.305. The summed E-state index contributed by atoms with van der Waals surface area (Å²) in [4.78, 5) is 0. The normalized spacial score (nSPS) is 26.3. The molecule has 2 nitrogen and oxygen atoms in total. The van der Waals surface area contributed by atoms with Gasteiger partial charge in [-0.3, -0.25) is 0 Å². The summed E-state index contributed by atoms with van der Waals surface area (Å²) in [6.45, 7) is 13.4. The second-order valence-corrected chi connectivity index (χ2v) is 6.84. The third-order valence-electron chi connectivity index (χ3n) is 4.23. The first kappa shape index (κ1) is 16.0. The number of nitrogens with one attached hydrogen (secondary N) is 1. The van der Waals surface area contributed by atoms with Crippen molar-refractivity contribution in [2.24, 2.45) is 11.3 Å². The highest BCUT2D eigenvalue weighted by Gasteiger charge is 2.48. The number of unbranched alkanes of at least 4 members (excludes halogenated alkanes) is 3. The second-order valence-electron chi connectivity index (χ2n) is 6.84. The maximum absolute atomic E-state index is 5.99. The summed E-state index contributed by atoms with van der Waals surface area (Å²) >= 11 is 0. The number of hydrogen-bond donors (Lipinski definition) is 1. The highest BCUT2D eigenvalue weighted by molar-refractivity contribution is 5.02. The Morgan fingerprint density at radius 3 is 2.50 bits per heavy atom. The molecular weight excluding hydrogens is 222 g/mol. The van der Waals surface area contributed by atoms with E-state index in [2.05, 4.69) is 39.9 Å². The summed E-state index contributed by atoms with van der Waals surface area (Å²) < 4.78 is 5.99. The summed E-state index contributed by atoms with van der Waals surface area (Å²) in [7, 11) is 0. The van der Waals surface area contributed by atoms with Crippen LogP contribution in [0, 0.1) is 11.3 Å². The van der Waals surface area contributed by atoms with Gasteiger partial charge in [0.05, 0.1) is 6.10 Å². The smallest absolute Gasteiger partial charge is 0.0656 e. The average molecular weight is 255 g/mol. The predicted octanol–water partition coefficient (Wildman–Crippen LogP) is 4.00. The van der Waals surface area contributed by atoms with Crippen LogP contribution in [0.3, 0.4) is 0 Å². The van der Waals surface area contributed by atoms with Gasteiger partial charge in [-0.15, -0.1) is 0 Å². The van der Waals surface area contributed by atoms with Crippen LogP contribution >= 0.6 is 0 Å². The van der Waals surface area contributed by atoms with Crippen LogP contribution in [0.1, 0.15) is 66.7 Å². The van der Waals surface area contributed by atoms with E-state index in [1.54, 1.807) is 0 Å². The maximum atomic E-state index is 5.99. The van der Waals surface area contributed by atoms with E-state index >= 15 is 0 Å². The molecule has 0 radical (unpaired) electrons. The van der Waals surface area contributed by atoms with Gasteiger partial charge in [-0.05, 0) is 25.3 Å². The Kier molecular flexibility index (Phi) is 6.65. The molecule has 0 aliphatic heterocycles. The summed E-state index contributed by atoms with van der Waals surface area (Å²) in [5.41, 5.74) is 0.305. The minimum Gasteiger partial charge on any atom is -0.377 e. The van der Waals surface area contributed by atoms with Crippen molar-refractivity contribution in [3.63, 3.8) is 0 Å². The lowest BCUT2D eigenvalue weighted by atomic mass is 9.64. The topological polar surface area (TPSA) is 21.3 Å². The van der Waals surface area contributed by atoms with Gasteiger partial charge in [0, 0.05) is 18.1 Å². The zero-order valence-electron chi connectivity index (χ0n) is 13.1. The molecule has 0 amide bonds. The van der Waals surface area contributed by atoms with Crippen LogP contribution in [0.2, 0.25) is 0 Å².